The second-order valence-electron chi connectivity index (χ2n) is 11.0. The molecule has 0 aliphatic rings. The molecule has 0 spiro atoms. The number of aromatic nitrogens is 5. The number of aliphatic hydroxyl groups is 1. The number of rotatable bonds is 11. The van der Waals surface area contributed by atoms with Crippen LogP contribution in [0.5, 0.6) is 0 Å². The fraction of sp³-hybridized carbons (Fsp3) is 0.324. The van der Waals surface area contributed by atoms with Crippen LogP contribution in [-0.2, 0) is 39.4 Å². The summed E-state index contributed by atoms with van der Waals surface area (Å²) in [4.78, 5) is 56.1. The minimum Gasteiger partial charge on any atom is -0.462 e. The Balaban J connectivity index is 0.000000968. The molecule has 3 heterocycles. The highest BCUT2D eigenvalue weighted by Gasteiger charge is 2.37. The molecule has 0 unspecified atom stereocenters. The zero-order chi connectivity index (χ0) is 34.8. The Morgan fingerprint density at radius 2 is 1.69 bits per heavy atom. The molecule has 0 saturated carbocycles. The molecule has 48 heavy (non-hydrogen) atoms. The maximum atomic E-state index is 14.2. The molecule has 14 heteroatoms. The third kappa shape index (κ3) is 7.59. The van der Waals surface area contributed by atoms with Crippen LogP contribution in [0.2, 0.25) is 0 Å². The number of nitriles is 1. The summed E-state index contributed by atoms with van der Waals surface area (Å²) >= 11 is 1.21. The van der Waals surface area contributed by atoms with E-state index in [4.69, 9.17) is 19.8 Å². The van der Waals surface area contributed by atoms with Crippen LogP contribution in [0.15, 0.2) is 76.6 Å². The lowest BCUT2D eigenvalue weighted by Crippen LogP contribution is -2.53. The van der Waals surface area contributed by atoms with Gasteiger partial charge in [-0.3, -0.25) is 9.36 Å². The Kier molecular flexibility index (Phi) is 11.8. The lowest BCUT2D eigenvalue weighted by molar-refractivity contribution is -0.154. The van der Waals surface area contributed by atoms with E-state index in [-0.39, 0.29) is 44.6 Å². The molecule has 0 atom stereocenters. The molecule has 5 aromatic rings. The third-order valence-electron chi connectivity index (χ3n) is 7.40. The summed E-state index contributed by atoms with van der Waals surface area (Å²) in [5.41, 5.74) is -0.495. The first kappa shape index (κ1) is 35.5. The maximum Gasteiger partial charge on any atom is 0.338 e. The van der Waals surface area contributed by atoms with Gasteiger partial charge in [0.15, 0.2) is 0 Å². The van der Waals surface area contributed by atoms with Crippen molar-refractivity contribution in [3.63, 3.8) is 0 Å². The summed E-state index contributed by atoms with van der Waals surface area (Å²) in [5, 5.41) is 24.8. The number of fused-ring (bicyclic) bond motifs is 1. The van der Waals surface area contributed by atoms with Gasteiger partial charge in [-0.15, -0.1) is 4.80 Å². The third-order valence-corrected chi connectivity index (χ3v) is 8.68. The van der Waals surface area contributed by atoms with Gasteiger partial charge in [0.05, 0.1) is 49.0 Å². The van der Waals surface area contributed by atoms with Gasteiger partial charge < -0.3 is 14.6 Å². The Morgan fingerprint density at radius 3 is 2.31 bits per heavy atom. The summed E-state index contributed by atoms with van der Waals surface area (Å²) in [6.45, 7) is 6.80. The summed E-state index contributed by atoms with van der Waals surface area (Å²) in [7, 11) is 0. The number of benzene rings is 2. The van der Waals surface area contributed by atoms with Gasteiger partial charge >= 0.3 is 17.6 Å². The number of ether oxygens (including phenoxy) is 2. The fourth-order valence-electron chi connectivity index (χ4n) is 4.96. The molecular weight excluding hydrogens is 636 g/mol. The van der Waals surface area contributed by atoms with Crippen LogP contribution in [0.4, 0.5) is 0 Å². The zero-order valence-electron chi connectivity index (χ0n) is 27.1. The van der Waals surface area contributed by atoms with Gasteiger partial charge in [0.25, 0.3) is 5.56 Å². The van der Waals surface area contributed by atoms with Crippen molar-refractivity contribution in [2.75, 3.05) is 13.2 Å². The van der Waals surface area contributed by atoms with Crippen LogP contribution in [0.1, 0.15) is 54.2 Å². The lowest BCUT2D eigenvalue weighted by atomic mass is 10.0. The topological polar surface area (TPSA) is 171 Å². The van der Waals surface area contributed by atoms with E-state index in [2.05, 4.69) is 10.2 Å². The van der Waals surface area contributed by atoms with Crippen molar-refractivity contribution < 1.29 is 24.2 Å². The molecule has 1 N–H and O–H groups in total. The largest absolute Gasteiger partial charge is 0.462 e. The number of aliphatic hydroxyl groups excluding tert-OH is 1. The monoisotopic (exact) mass is 672 g/mol. The average molecular weight is 673 g/mol. The Bertz CT molecular complexity index is 2040. The summed E-state index contributed by atoms with van der Waals surface area (Å²) in [6, 6.07) is 17.9. The molecule has 0 aliphatic heterocycles. The van der Waals surface area contributed by atoms with Crippen molar-refractivity contribution in [2.24, 2.45) is 0 Å². The molecule has 0 bridgehead atoms. The van der Waals surface area contributed by atoms with Crippen molar-refractivity contribution in [3.05, 3.63) is 110 Å². The van der Waals surface area contributed by atoms with Gasteiger partial charge in [-0.05, 0) is 51.3 Å². The highest BCUT2D eigenvalue weighted by molar-refractivity contribution is 7.21. The van der Waals surface area contributed by atoms with Crippen molar-refractivity contribution in [1.29, 1.82) is 5.26 Å². The van der Waals surface area contributed by atoms with Crippen molar-refractivity contribution in [3.8, 4) is 11.1 Å². The second-order valence-corrected chi connectivity index (χ2v) is 12.0. The van der Waals surface area contributed by atoms with E-state index in [0.29, 0.717) is 26.5 Å². The maximum absolute atomic E-state index is 14.2. The zero-order valence-corrected chi connectivity index (χ0v) is 27.9. The minimum absolute atomic E-state index is 0.00841. The van der Waals surface area contributed by atoms with Crippen LogP contribution >= 0.6 is 11.3 Å². The number of nitrogens with zero attached hydrogens (tertiary/aromatic N) is 6. The molecular formula is C34H36N6O7S. The smallest absolute Gasteiger partial charge is 0.338 e. The van der Waals surface area contributed by atoms with Gasteiger partial charge in [0.1, 0.15) is 22.0 Å². The van der Waals surface area contributed by atoms with Crippen LogP contribution in [0.3, 0.4) is 0 Å². The molecule has 0 fully saturated rings. The summed E-state index contributed by atoms with van der Waals surface area (Å²) < 4.78 is 13.2. The summed E-state index contributed by atoms with van der Waals surface area (Å²) in [6.07, 6.45) is 3.58. The standard InChI is InChI=1S/C31H31N5O6S.C3H5NO/c1-5-41-28(38)23-14-10-9-13-22(23)15-18-34-27-24(20(2)26(43-27)36-32-16-17-33-36)25(37)35(30(34)40)31(3,4)29(39)42-19-21-11-7-6-8-12-21;4-2-1-3-5/h6-14,16-17H,5,15,18-19H2,1-4H3;5H,1,3H2. The number of esters is 2. The quantitative estimate of drug-likeness (QED) is 0.203. The lowest BCUT2D eigenvalue weighted by Gasteiger charge is -2.26. The SMILES string of the molecule is CCOC(=O)c1ccccc1CCn1c(=O)n(C(C)(C)C(=O)OCc2ccccc2)c(=O)c2c(C)c(-n3nccn3)sc21.N#CCCO. The van der Waals surface area contributed by atoms with E-state index in [9.17, 15) is 19.2 Å². The molecule has 0 radical (unpaired) electrons. The van der Waals surface area contributed by atoms with E-state index >= 15 is 0 Å². The predicted octanol–water partition coefficient (Wildman–Crippen LogP) is 3.90. The van der Waals surface area contributed by atoms with E-state index in [0.717, 1.165) is 10.1 Å². The Labute approximate surface area is 280 Å². The Hall–Kier alpha value is -5.39. The molecule has 2 aromatic carbocycles. The van der Waals surface area contributed by atoms with E-state index < -0.39 is 28.7 Å². The van der Waals surface area contributed by atoms with E-state index in [1.165, 1.54) is 46.9 Å². The van der Waals surface area contributed by atoms with Gasteiger partial charge in [0.2, 0.25) is 0 Å². The summed E-state index contributed by atoms with van der Waals surface area (Å²) in [5.74, 6) is -1.18. The van der Waals surface area contributed by atoms with Crippen molar-refractivity contribution in [1.82, 2.24) is 24.1 Å². The minimum atomic E-state index is -1.64. The first-order valence-electron chi connectivity index (χ1n) is 15.2. The van der Waals surface area contributed by atoms with E-state index in [1.807, 2.05) is 30.3 Å². The average Bonchev–Trinajstić information content (AvgIpc) is 3.73. The highest BCUT2D eigenvalue weighted by Crippen LogP contribution is 2.31. The predicted molar refractivity (Wildman–Crippen MR) is 179 cm³/mol. The molecule has 0 saturated heterocycles. The number of hydrogen-bond donors (Lipinski definition) is 1. The Morgan fingerprint density at radius 1 is 1.02 bits per heavy atom. The molecule has 5 rings (SSSR count). The number of carbonyl (C=O) groups excluding carboxylic acids is 2. The first-order chi connectivity index (χ1) is 23.1. The van der Waals surface area contributed by atoms with Crippen molar-refractivity contribution >= 4 is 33.5 Å². The molecule has 250 valence electrons. The number of hydrogen-bond acceptors (Lipinski definition) is 11. The normalized spacial score (nSPS) is 11.0. The van der Waals surface area contributed by atoms with Crippen LogP contribution in [0, 0.1) is 18.3 Å². The van der Waals surface area contributed by atoms with Crippen LogP contribution in [0.25, 0.3) is 15.2 Å². The molecule has 13 nitrogen and oxygen atoms in total. The van der Waals surface area contributed by atoms with Gasteiger partial charge in [-0.2, -0.15) is 15.5 Å². The number of carbonyl (C=O) groups is 2. The molecule has 0 aliphatic carbocycles. The number of thiophene rings is 1. The van der Waals surface area contributed by atoms with E-state index in [1.54, 1.807) is 44.2 Å². The molecule has 3 aromatic heterocycles. The van der Waals surface area contributed by atoms with Gasteiger partial charge in [0, 0.05) is 12.1 Å². The fourth-order valence-corrected chi connectivity index (χ4v) is 6.19. The highest BCUT2D eigenvalue weighted by atomic mass is 32.1. The number of aryl methyl sites for hydroxylation is 3. The molecule has 0 amide bonds. The van der Waals surface area contributed by atoms with Crippen molar-refractivity contribution in [2.45, 2.75) is 59.2 Å². The second kappa shape index (κ2) is 15.9. The first-order valence-corrected chi connectivity index (χ1v) is 16.0. The van der Waals surface area contributed by atoms with Gasteiger partial charge in [-0.25, -0.2) is 19.0 Å². The van der Waals surface area contributed by atoms with Gasteiger partial charge in [-0.1, -0.05) is 59.9 Å². The van der Waals surface area contributed by atoms with Crippen LogP contribution < -0.4 is 11.2 Å². The van der Waals surface area contributed by atoms with Crippen LogP contribution in [-0.4, -0.2) is 54.4 Å².